The van der Waals surface area contributed by atoms with E-state index in [9.17, 15) is 9.90 Å². The van der Waals surface area contributed by atoms with Crippen molar-refractivity contribution in [2.24, 2.45) is 5.41 Å². The molecule has 0 bridgehead atoms. The highest BCUT2D eigenvalue weighted by molar-refractivity contribution is 5.89. The largest absolute Gasteiger partial charge is 0.508 e. The highest BCUT2D eigenvalue weighted by Gasteiger charge is 2.36. The molecule has 1 rings (SSSR count). The van der Waals surface area contributed by atoms with Crippen LogP contribution in [-0.4, -0.2) is 34.4 Å². The van der Waals surface area contributed by atoms with E-state index in [1.807, 2.05) is 40.0 Å². The molecule has 1 aromatic carbocycles. The van der Waals surface area contributed by atoms with E-state index in [1.165, 1.54) is 0 Å². The van der Waals surface area contributed by atoms with Gasteiger partial charge in [0.05, 0.1) is 6.04 Å². The summed E-state index contributed by atoms with van der Waals surface area (Å²) in [6.07, 6.45) is 0.657. The molecule has 0 amide bonds. The van der Waals surface area contributed by atoms with Crippen molar-refractivity contribution in [3.05, 3.63) is 29.8 Å². The van der Waals surface area contributed by atoms with Crippen LogP contribution < -0.4 is 0 Å². The molecule has 0 aliphatic rings. The Bertz CT molecular complexity index is 477. The van der Waals surface area contributed by atoms with Crippen molar-refractivity contribution < 1.29 is 9.90 Å². The van der Waals surface area contributed by atoms with E-state index in [0.29, 0.717) is 6.42 Å². The highest BCUT2D eigenvalue weighted by Crippen LogP contribution is 2.26. The maximum absolute atomic E-state index is 12.8. The van der Waals surface area contributed by atoms with Crippen molar-refractivity contribution in [2.75, 3.05) is 7.05 Å². The molecule has 0 radical (unpaired) electrons. The van der Waals surface area contributed by atoms with Gasteiger partial charge in [-0.2, -0.15) is 0 Å². The lowest BCUT2D eigenvalue weighted by Crippen LogP contribution is -2.52. The number of aromatic hydroxyl groups is 1. The summed E-state index contributed by atoms with van der Waals surface area (Å²) >= 11 is 0. The summed E-state index contributed by atoms with van der Waals surface area (Å²) in [6.45, 7) is 12.3. The van der Waals surface area contributed by atoms with Gasteiger partial charge in [0.2, 0.25) is 0 Å². The molecule has 0 heterocycles. The predicted octanol–water partition coefficient (Wildman–Crippen LogP) is 3.65. The summed E-state index contributed by atoms with van der Waals surface area (Å²) in [5.74, 6) is 0.495. The molecule has 0 aliphatic carbocycles. The monoisotopic (exact) mass is 291 g/mol. The van der Waals surface area contributed by atoms with Gasteiger partial charge in [0.25, 0.3) is 0 Å². The van der Waals surface area contributed by atoms with Crippen LogP contribution >= 0.6 is 0 Å². The van der Waals surface area contributed by atoms with Gasteiger partial charge in [-0.1, -0.05) is 32.9 Å². The van der Waals surface area contributed by atoms with Gasteiger partial charge in [0.15, 0.2) is 5.78 Å². The van der Waals surface area contributed by atoms with Crippen LogP contribution in [0, 0.1) is 5.41 Å². The Morgan fingerprint density at radius 3 is 1.95 bits per heavy atom. The first-order chi connectivity index (χ1) is 9.43. The molecular weight excluding hydrogens is 262 g/mol. The minimum atomic E-state index is -0.374. The average molecular weight is 291 g/mol. The molecule has 21 heavy (non-hydrogen) atoms. The molecule has 118 valence electrons. The van der Waals surface area contributed by atoms with E-state index < -0.39 is 0 Å². The second-order valence-corrected chi connectivity index (χ2v) is 7.78. The topological polar surface area (TPSA) is 40.5 Å². The molecule has 1 aromatic rings. The zero-order chi connectivity index (χ0) is 16.4. The van der Waals surface area contributed by atoms with Crippen LogP contribution in [0.3, 0.4) is 0 Å². The number of hydrogen-bond donors (Lipinski definition) is 1. The number of Topliss-reactive ketones (excluding diaryl/α,β-unsaturated/α-hetero) is 1. The zero-order valence-electron chi connectivity index (χ0n) is 14.4. The molecular formula is C18H29NO2. The third-order valence-electron chi connectivity index (χ3n) is 3.93. The number of rotatable bonds is 4. The van der Waals surface area contributed by atoms with Crippen molar-refractivity contribution in [1.82, 2.24) is 4.90 Å². The Morgan fingerprint density at radius 2 is 1.57 bits per heavy atom. The number of hydrogen-bond acceptors (Lipinski definition) is 3. The minimum Gasteiger partial charge on any atom is -0.508 e. The molecule has 0 aromatic heterocycles. The Balaban J connectivity index is 3.08. The summed E-state index contributed by atoms with van der Waals surface area (Å²) in [6, 6.07) is 6.94. The number of phenols is 1. The van der Waals surface area contributed by atoms with E-state index in [4.69, 9.17) is 0 Å². The first-order valence-corrected chi connectivity index (χ1v) is 7.48. The van der Waals surface area contributed by atoms with Crippen LogP contribution in [0.25, 0.3) is 0 Å². The summed E-state index contributed by atoms with van der Waals surface area (Å²) in [5.41, 5.74) is 0.607. The second kappa shape index (κ2) is 6.18. The Kier molecular flexibility index (Phi) is 5.21. The third kappa shape index (κ3) is 4.85. The quantitative estimate of drug-likeness (QED) is 0.920. The van der Waals surface area contributed by atoms with Gasteiger partial charge in [-0.15, -0.1) is 0 Å². The smallest absolute Gasteiger partial charge is 0.155 e. The summed E-state index contributed by atoms with van der Waals surface area (Å²) in [4.78, 5) is 15.0. The van der Waals surface area contributed by atoms with E-state index in [-0.39, 0.29) is 28.5 Å². The number of carbonyl (C=O) groups excluding carboxylic acids is 1. The fourth-order valence-corrected chi connectivity index (χ4v) is 2.23. The highest BCUT2D eigenvalue weighted by atomic mass is 16.3. The molecule has 1 N–H and O–H groups in total. The summed E-state index contributed by atoms with van der Waals surface area (Å²) in [5, 5.41) is 9.39. The van der Waals surface area contributed by atoms with E-state index in [2.05, 4.69) is 25.7 Å². The van der Waals surface area contributed by atoms with Crippen molar-refractivity contribution in [3.8, 4) is 5.75 Å². The third-order valence-corrected chi connectivity index (χ3v) is 3.93. The van der Waals surface area contributed by atoms with E-state index in [1.54, 1.807) is 12.1 Å². The molecule has 0 aliphatic heterocycles. The standard InChI is InChI=1S/C18H29NO2/c1-17(2,3)16(21)15(19(7)18(4,5)6)12-13-8-10-14(20)11-9-13/h8-11,15,20H,12H2,1-7H3/t15-/m0/s1. The van der Waals surface area contributed by atoms with Gasteiger partial charge in [-0.25, -0.2) is 0 Å². The Labute approximate surface area is 129 Å². The molecule has 0 unspecified atom stereocenters. The normalized spacial score (nSPS) is 14.3. The predicted molar refractivity (Wildman–Crippen MR) is 87.6 cm³/mol. The number of ketones is 1. The van der Waals surface area contributed by atoms with Gasteiger partial charge < -0.3 is 5.11 Å². The summed E-state index contributed by atoms with van der Waals surface area (Å²) < 4.78 is 0. The molecule has 0 fully saturated rings. The van der Waals surface area contributed by atoms with Gasteiger partial charge in [-0.3, -0.25) is 9.69 Å². The maximum Gasteiger partial charge on any atom is 0.155 e. The molecule has 0 saturated carbocycles. The van der Waals surface area contributed by atoms with Crippen LogP contribution in [0.4, 0.5) is 0 Å². The van der Waals surface area contributed by atoms with Gasteiger partial charge in [0, 0.05) is 11.0 Å². The number of benzene rings is 1. The molecule has 3 heteroatoms. The molecule has 1 atom stereocenters. The van der Waals surface area contributed by atoms with Crippen LogP contribution in [-0.2, 0) is 11.2 Å². The number of carbonyl (C=O) groups is 1. The van der Waals surface area contributed by atoms with Crippen molar-refractivity contribution >= 4 is 5.78 Å². The molecule has 0 spiro atoms. The van der Waals surface area contributed by atoms with Crippen LogP contribution in [0.5, 0.6) is 5.75 Å². The maximum atomic E-state index is 12.8. The van der Waals surface area contributed by atoms with Crippen LogP contribution in [0.1, 0.15) is 47.1 Å². The van der Waals surface area contributed by atoms with Crippen molar-refractivity contribution in [2.45, 2.75) is 59.5 Å². The Morgan fingerprint density at radius 1 is 1.10 bits per heavy atom. The van der Waals surface area contributed by atoms with Crippen LogP contribution in [0.15, 0.2) is 24.3 Å². The lowest BCUT2D eigenvalue weighted by Gasteiger charge is -2.40. The zero-order valence-corrected chi connectivity index (χ0v) is 14.4. The fourth-order valence-electron chi connectivity index (χ4n) is 2.23. The Hall–Kier alpha value is -1.35. The lowest BCUT2D eigenvalue weighted by atomic mass is 9.82. The van der Waals surface area contributed by atoms with Gasteiger partial charge in [0.1, 0.15) is 5.75 Å². The molecule has 3 nitrogen and oxygen atoms in total. The summed E-state index contributed by atoms with van der Waals surface area (Å²) in [7, 11) is 2.01. The van der Waals surface area contributed by atoms with Crippen molar-refractivity contribution in [1.29, 1.82) is 0 Å². The number of phenolic OH excluding ortho intramolecular Hbond substituents is 1. The van der Waals surface area contributed by atoms with E-state index >= 15 is 0 Å². The van der Waals surface area contributed by atoms with Gasteiger partial charge in [-0.05, 0) is 51.9 Å². The van der Waals surface area contributed by atoms with Gasteiger partial charge >= 0.3 is 0 Å². The minimum absolute atomic E-state index is 0.0809. The fraction of sp³-hybridized carbons (Fsp3) is 0.611. The van der Waals surface area contributed by atoms with Crippen LogP contribution in [0.2, 0.25) is 0 Å². The SMILES string of the molecule is CN([C@@H](Cc1ccc(O)cc1)C(=O)C(C)(C)C)C(C)(C)C. The first kappa shape index (κ1) is 17.7. The first-order valence-electron chi connectivity index (χ1n) is 7.48. The molecule has 0 saturated heterocycles. The lowest BCUT2D eigenvalue weighted by molar-refractivity contribution is -0.133. The average Bonchev–Trinajstić information content (AvgIpc) is 2.34. The van der Waals surface area contributed by atoms with Crippen molar-refractivity contribution in [3.63, 3.8) is 0 Å². The second-order valence-electron chi connectivity index (χ2n) is 7.78. The number of likely N-dealkylation sites (N-methyl/N-ethyl adjacent to an activating group) is 1. The number of nitrogens with zero attached hydrogens (tertiary/aromatic N) is 1. The van der Waals surface area contributed by atoms with E-state index in [0.717, 1.165) is 5.56 Å².